The van der Waals surface area contributed by atoms with Crippen molar-refractivity contribution in [2.75, 3.05) is 12.0 Å². The van der Waals surface area contributed by atoms with Crippen LogP contribution in [0.4, 0.5) is 5.69 Å². The molecule has 128 valence electrons. The summed E-state index contributed by atoms with van der Waals surface area (Å²) in [6.45, 7) is 2.23. The van der Waals surface area contributed by atoms with E-state index < -0.39 is 0 Å². The van der Waals surface area contributed by atoms with Crippen LogP contribution in [0.1, 0.15) is 6.92 Å². The molecule has 5 nitrogen and oxygen atoms in total. The first-order valence-electron chi connectivity index (χ1n) is 7.36. The van der Waals surface area contributed by atoms with E-state index in [4.69, 9.17) is 27.9 Å². The minimum absolute atomic E-state index is 0.360. The van der Waals surface area contributed by atoms with Crippen LogP contribution in [0.2, 0.25) is 10.0 Å². The molecule has 0 aliphatic carbocycles. The number of rotatable bonds is 6. The topological polar surface area (TPSA) is 59.4 Å². The first-order chi connectivity index (χ1) is 12.1. The molecule has 0 saturated carbocycles. The SMILES string of the molecule is C/C(COc1ccc(-c2csnn2)cc1)=N\Nc1cc(Cl)cc(Cl)c1. The maximum Gasteiger partial charge on any atom is 0.128 e. The standard InChI is InChI=1S/C17H14Cl2N4OS/c1-11(20-21-15-7-13(18)6-14(19)8-15)9-24-16-4-2-12(3-5-16)17-10-25-23-22-17/h2-8,10,21H,9H2,1H3/b20-11+. The maximum atomic E-state index is 5.95. The molecule has 0 spiro atoms. The van der Waals surface area contributed by atoms with E-state index in [2.05, 4.69) is 20.1 Å². The van der Waals surface area contributed by atoms with Gasteiger partial charge < -0.3 is 4.74 Å². The summed E-state index contributed by atoms with van der Waals surface area (Å²) < 4.78 is 9.58. The van der Waals surface area contributed by atoms with Crippen molar-refractivity contribution in [1.29, 1.82) is 0 Å². The van der Waals surface area contributed by atoms with Gasteiger partial charge in [0.05, 0.1) is 11.4 Å². The van der Waals surface area contributed by atoms with Crippen LogP contribution >= 0.6 is 34.7 Å². The lowest BCUT2D eigenvalue weighted by atomic mass is 10.2. The predicted molar refractivity (Wildman–Crippen MR) is 104 cm³/mol. The number of ether oxygens (including phenoxy) is 1. The Bertz CT molecular complexity index is 847. The molecule has 0 unspecified atom stereocenters. The highest BCUT2D eigenvalue weighted by atomic mass is 35.5. The van der Waals surface area contributed by atoms with Gasteiger partial charge in [0.1, 0.15) is 18.1 Å². The third-order valence-corrected chi connectivity index (χ3v) is 4.14. The summed E-state index contributed by atoms with van der Waals surface area (Å²) in [5.41, 5.74) is 6.28. The van der Waals surface area contributed by atoms with Crippen molar-refractivity contribution in [2.24, 2.45) is 5.10 Å². The zero-order valence-corrected chi connectivity index (χ0v) is 15.6. The van der Waals surface area contributed by atoms with Gasteiger partial charge in [0.25, 0.3) is 0 Å². The summed E-state index contributed by atoms with van der Waals surface area (Å²) in [6.07, 6.45) is 0. The van der Waals surface area contributed by atoms with Gasteiger partial charge in [0.15, 0.2) is 0 Å². The van der Waals surface area contributed by atoms with Crippen LogP contribution in [-0.2, 0) is 0 Å². The van der Waals surface area contributed by atoms with Gasteiger partial charge in [0.2, 0.25) is 0 Å². The van der Waals surface area contributed by atoms with E-state index in [1.807, 2.05) is 36.6 Å². The first-order valence-corrected chi connectivity index (χ1v) is 8.95. The minimum Gasteiger partial charge on any atom is -0.488 e. The molecule has 0 fully saturated rings. The Labute approximate surface area is 159 Å². The number of halogens is 2. The van der Waals surface area contributed by atoms with Gasteiger partial charge >= 0.3 is 0 Å². The second-order valence-corrected chi connectivity index (χ2v) is 6.70. The van der Waals surface area contributed by atoms with Crippen molar-refractivity contribution in [1.82, 2.24) is 9.59 Å². The Morgan fingerprint density at radius 2 is 1.88 bits per heavy atom. The van der Waals surface area contributed by atoms with Gasteiger partial charge in [0, 0.05) is 21.0 Å². The Morgan fingerprint density at radius 3 is 2.52 bits per heavy atom. The van der Waals surface area contributed by atoms with Gasteiger partial charge in [-0.2, -0.15) is 5.10 Å². The van der Waals surface area contributed by atoms with Crippen LogP contribution in [0.25, 0.3) is 11.3 Å². The number of hydrogen-bond acceptors (Lipinski definition) is 6. The lowest BCUT2D eigenvalue weighted by molar-refractivity contribution is 0.376. The number of benzene rings is 2. The van der Waals surface area contributed by atoms with Crippen LogP contribution < -0.4 is 10.2 Å². The monoisotopic (exact) mass is 392 g/mol. The van der Waals surface area contributed by atoms with Crippen molar-refractivity contribution in [2.45, 2.75) is 6.92 Å². The molecule has 1 aromatic heterocycles. The van der Waals surface area contributed by atoms with Crippen LogP contribution in [0.3, 0.4) is 0 Å². The highest BCUT2D eigenvalue weighted by molar-refractivity contribution is 7.03. The molecule has 0 amide bonds. The van der Waals surface area contributed by atoms with Crippen LogP contribution in [0.15, 0.2) is 52.9 Å². The van der Waals surface area contributed by atoms with Crippen molar-refractivity contribution in [3.8, 4) is 17.0 Å². The molecule has 2 aromatic carbocycles. The fourth-order valence-electron chi connectivity index (χ4n) is 2.01. The maximum absolute atomic E-state index is 5.95. The normalized spacial score (nSPS) is 11.4. The number of nitrogens with one attached hydrogen (secondary N) is 1. The summed E-state index contributed by atoms with van der Waals surface area (Å²) in [4.78, 5) is 0. The second-order valence-electron chi connectivity index (χ2n) is 5.22. The number of hydrogen-bond donors (Lipinski definition) is 1. The molecule has 1 N–H and O–H groups in total. The fraction of sp³-hybridized carbons (Fsp3) is 0.118. The third-order valence-electron chi connectivity index (χ3n) is 3.20. The minimum atomic E-state index is 0.360. The quantitative estimate of drug-likeness (QED) is 0.451. The lowest BCUT2D eigenvalue weighted by Gasteiger charge is -2.07. The van der Waals surface area contributed by atoms with Crippen molar-refractivity contribution in [3.63, 3.8) is 0 Å². The molecule has 0 radical (unpaired) electrons. The molecule has 1 heterocycles. The van der Waals surface area contributed by atoms with Gasteiger partial charge in [-0.15, -0.1) is 5.10 Å². The molecule has 0 saturated heterocycles. The molecular formula is C17H14Cl2N4OS. The summed E-state index contributed by atoms with van der Waals surface area (Å²) in [6, 6.07) is 12.8. The Morgan fingerprint density at radius 1 is 1.16 bits per heavy atom. The zero-order valence-electron chi connectivity index (χ0n) is 13.2. The average molecular weight is 393 g/mol. The van der Waals surface area contributed by atoms with E-state index in [1.54, 1.807) is 18.2 Å². The Kier molecular flexibility index (Phi) is 5.86. The van der Waals surface area contributed by atoms with Crippen molar-refractivity contribution < 1.29 is 4.74 Å². The van der Waals surface area contributed by atoms with Crippen LogP contribution in [-0.4, -0.2) is 21.9 Å². The summed E-state index contributed by atoms with van der Waals surface area (Å²) >= 11 is 13.2. The highest BCUT2D eigenvalue weighted by Gasteiger charge is 2.02. The zero-order chi connectivity index (χ0) is 17.6. The third kappa shape index (κ3) is 5.16. The summed E-state index contributed by atoms with van der Waals surface area (Å²) in [7, 11) is 0. The van der Waals surface area contributed by atoms with E-state index >= 15 is 0 Å². The van der Waals surface area contributed by atoms with Crippen LogP contribution in [0, 0.1) is 0 Å². The van der Waals surface area contributed by atoms with E-state index in [9.17, 15) is 0 Å². The molecule has 0 aliphatic rings. The van der Waals surface area contributed by atoms with Gasteiger partial charge in [-0.05, 0) is 60.9 Å². The van der Waals surface area contributed by atoms with Crippen molar-refractivity contribution >= 4 is 46.1 Å². The highest BCUT2D eigenvalue weighted by Crippen LogP contribution is 2.23. The Balaban J connectivity index is 1.55. The van der Waals surface area contributed by atoms with Crippen LogP contribution in [0.5, 0.6) is 5.75 Å². The smallest absolute Gasteiger partial charge is 0.128 e. The molecule has 3 aromatic rings. The number of hydrazone groups is 1. The predicted octanol–water partition coefficient (Wildman–Crippen LogP) is 5.38. The molecule has 0 bridgehead atoms. The molecular weight excluding hydrogens is 379 g/mol. The fourth-order valence-corrected chi connectivity index (χ4v) is 3.00. The number of aromatic nitrogens is 2. The van der Waals surface area contributed by atoms with Gasteiger partial charge in [-0.3, -0.25) is 5.43 Å². The number of nitrogens with zero attached hydrogens (tertiary/aromatic N) is 3. The van der Waals surface area contributed by atoms with Gasteiger partial charge in [-0.25, -0.2) is 0 Å². The second kappa shape index (κ2) is 8.29. The van der Waals surface area contributed by atoms with E-state index in [-0.39, 0.29) is 0 Å². The number of anilines is 1. The Hall–Kier alpha value is -2.15. The average Bonchev–Trinajstić information content (AvgIpc) is 3.12. The summed E-state index contributed by atoms with van der Waals surface area (Å²) in [5.74, 6) is 0.757. The molecule has 8 heteroatoms. The molecule has 25 heavy (non-hydrogen) atoms. The van der Waals surface area contributed by atoms with Gasteiger partial charge in [-0.1, -0.05) is 27.7 Å². The summed E-state index contributed by atoms with van der Waals surface area (Å²) in [5, 5.41) is 11.3. The van der Waals surface area contributed by atoms with E-state index in [1.165, 1.54) is 11.5 Å². The molecule has 0 aliphatic heterocycles. The largest absolute Gasteiger partial charge is 0.488 e. The lowest BCUT2D eigenvalue weighted by Crippen LogP contribution is -2.09. The molecule has 0 atom stereocenters. The molecule has 3 rings (SSSR count). The van der Waals surface area contributed by atoms with E-state index in [0.717, 1.165) is 28.4 Å². The van der Waals surface area contributed by atoms with Crippen molar-refractivity contribution in [3.05, 3.63) is 57.9 Å². The van der Waals surface area contributed by atoms with E-state index in [0.29, 0.717) is 16.7 Å². The first kappa shape index (κ1) is 17.7.